The number of nitrogens with two attached hydrogens (primary N) is 1. The molecule has 0 aliphatic heterocycles. The van der Waals surface area contributed by atoms with Crippen molar-refractivity contribution in [3.05, 3.63) is 35.3 Å². The molecule has 0 saturated heterocycles. The molecule has 0 spiro atoms. The maximum atomic E-state index is 11.5. The minimum Gasteiger partial charge on any atom is -0.486 e. The molecule has 7 heteroatoms. The van der Waals surface area contributed by atoms with Crippen LogP contribution in [0, 0.1) is 0 Å². The molecule has 1 aromatic carbocycles. The first-order valence-electron chi connectivity index (χ1n) is 6.28. The summed E-state index contributed by atoms with van der Waals surface area (Å²) in [7, 11) is 0. The van der Waals surface area contributed by atoms with Gasteiger partial charge in [0, 0.05) is 6.42 Å². The molecule has 1 aromatic heterocycles. The van der Waals surface area contributed by atoms with E-state index in [1.807, 2.05) is 30.3 Å². The van der Waals surface area contributed by atoms with Crippen LogP contribution >= 0.6 is 11.3 Å². The highest BCUT2D eigenvalue weighted by atomic mass is 32.1. The molecule has 1 amide bonds. The van der Waals surface area contributed by atoms with Gasteiger partial charge in [-0.05, 0) is 25.1 Å². The Balaban J connectivity index is 1.81. The molecule has 0 saturated carbocycles. The minimum atomic E-state index is -0.0953. The van der Waals surface area contributed by atoms with Crippen LogP contribution in [0.3, 0.4) is 0 Å². The average molecular weight is 292 g/mol. The van der Waals surface area contributed by atoms with E-state index in [1.165, 1.54) is 11.3 Å². The van der Waals surface area contributed by atoms with Gasteiger partial charge in [0.05, 0.1) is 0 Å². The predicted octanol–water partition coefficient (Wildman–Crippen LogP) is 1.79. The molecule has 0 unspecified atom stereocenters. The number of hydrogen-bond acceptors (Lipinski definition) is 6. The Morgan fingerprint density at radius 3 is 2.85 bits per heavy atom. The maximum Gasteiger partial charge on any atom is 0.226 e. The Bertz CT molecular complexity index is 544. The molecule has 0 bridgehead atoms. The number of nitrogens with zero attached hydrogens (tertiary/aromatic N) is 2. The van der Waals surface area contributed by atoms with E-state index >= 15 is 0 Å². The van der Waals surface area contributed by atoms with Crippen molar-refractivity contribution < 1.29 is 9.53 Å². The predicted molar refractivity (Wildman–Crippen MR) is 77.6 cm³/mol. The third kappa shape index (κ3) is 4.60. The van der Waals surface area contributed by atoms with E-state index in [0.717, 1.165) is 5.75 Å². The Morgan fingerprint density at radius 2 is 2.10 bits per heavy atom. The van der Waals surface area contributed by atoms with Gasteiger partial charge in [0.15, 0.2) is 5.01 Å². The van der Waals surface area contributed by atoms with E-state index in [1.54, 1.807) is 0 Å². The second-order valence-electron chi connectivity index (χ2n) is 4.04. The fourth-order valence-electron chi connectivity index (χ4n) is 1.47. The average Bonchev–Trinajstić information content (AvgIpc) is 2.91. The summed E-state index contributed by atoms with van der Waals surface area (Å²) in [4.78, 5) is 11.5. The van der Waals surface area contributed by atoms with Crippen LogP contribution in [-0.2, 0) is 11.4 Å². The van der Waals surface area contributed by atoms with Gasteiger partial charge in [0.2, 0.25) is 11.0 Å². The molecule has 2 aromatic rings. The first kappa shape index (κ1) is 14.4. The molecular formula is C13H16N4O2S. The summed E-state index contributed by atoms with van der Waals surface area (Å²) < 4.78 is 5.55. The molecule has 106 valence electrons. The Labute approximate surface area is 121 Å². The van der Waals surface area contributed by atoms with Gasteiger partial charge in [-0.2, -0.15) is 0 Å². The monoisotopic (exact) mass is 292 g/mol. The van der Waals surface area contributed by atoms with Crippen molar-refractivity contribution in [1.29, 1.82) is 0 Å². The Hall–Kier alpha value is -1.99. The lowest BCUT2D eigenvalue weighted by Crippen LogP contribution is -2.13. The van der Waals surface area contributed by atoms with Gasteiger partial charge in [-0.3, -0.25) is 4.79 Å². The summed E-state index contributed by atoms with van der Waals surface area (Å²) in [5, 5.41) is 11.8. The summed E-state index contributed by atoms with van der Waals surface area (Å²) in [5.41, 5.74) is 5.35. The van der Waals surface area contributed by atoms with E-state index in [9.17, 15) is 4.79 Å². The number of carbonyl (C=O) groups is 1. The number of nitrogens with one attached hydrogen (secondary N) is 1. The lowest BCUT2D eigenvalue weighted by Gasteiger charge is -2.02. The van der Waals surface area contributed by atoms with Crippen LogP contribution in [0.25, 0.3) is 0 Å². The van der Waals surface area contributed by atoms with E-state index < -0.39 is 0 Å². The molecule has 0 atom stereocenters. The van der Waals surface area contributed by atoms with Crippen LogP contribution < -0.4 is 15.8 Å². The number of carbonyl (C=O) groups excluding carboxylic acids is 1. The second kappa shape index (κ2) is 7.56. The molecule has 1 heterocycles. The van der Waals surface area contributed by atoms with Gasteiger partial charge in [-0.15, -0.1) is 10.2 Å². The summed E-state index contributed by atoms with van der Waals surface area (Å²) in [6.07, 6.45) is 1.06. The number of hydrogen-bond donors (Lipinski definition) is 2. The molecule has 6 nitrogen and oxygen atoms in total. The largest absolute Gasteiger partial charge is 0.486 e. The molecule has 3 N–H and O–H groups in total. The number of benzene rings is 1. The highest BCUT2D eigenvalue weighted by Gasteiger charge is 2.08. The van der Waals surface area contributed by atoms with Gasteiger partial charge in [0.1, 0.15) is 12.4 Å². The molecule has 0 aliphatic carbocycles. The summed E-state index contributed by atoms with van der Waals surface area (Å²) in [6, 6.07) is 9.47. The van der Waals surface area contributed by atoms with Gasteiger partial charge in [0.25, 0.3) is 0 Å². The summed E-state index contributed by atoms with van der Waals surface area (Å²) >= 11 is 1.30. The van der Waals surface area contributed by atoms with E-state index in [-0.39, 0.29) is 5.91 Å². The molecule has 0 aliphatic rings. The van der Waals surface area contributed by atoms with Crippen LogP contribution in [0.5, 0.6) is 5.75 Å². The van der Waals surface area contributed by atoms with E-state index in [4.69, 9.17) is 10.5 Å². The van der Waals surface area contributed by atoms with Crippen molar-refractivity contribution in [2.45, 2.75) is 19.4 Å². The third-order valence-corrected chi connectivity index (χ3v) is 3.24. The van der Waals surface area contributed by atoms with Crippen LogP contribution in [0.4, 0.5) is 5.13 Å². The third-order valence-electron chi connectivity index (χ3n) is 2.43. The highest BCUT2D eigenvalue weighted by molar-refractivity contribution is 7.15. The Kier molecular flexibility index (Phi) is 5.45. The first-order chi connectivity index (χ1) is 9.78. The van der Waals surface area contributed by atoms with Crippen LogP contribution in [0.2, 0.25) is 0 Å². The fraction of sp³-hybridized carbons (Fsp3) is 0.308. The summed E-state index contributed by atoms with van der Waals surface area (Å²) in [6.45, 7) is 0.833. The van der Waals surface area contributed by atoms with Gasteiger partial charge in [-0.25, -0.2) is 0 Å². The number of para-hydroxylation sites is 1. The lowest BCUT2D eigenvalue weighted by molar-refractivity contribution is -0.116. The van der Waals surface area contributed by atoms with E-state index in [0.29, 0.717) is 36.1 Å². The zero-order valence-corrected chi connectivity index (χ0v) is 11.7. The topological polar surface area (TPSA) is 90.1 Å². The number of anilines is 1. The molecule has 2 rings (SSSR count). The van der Waals surface area contributed by atoms with Gasteiger partial charge < -0.3 is 15.8 Å². The molecule has 20 heavy (non-hydrogen) atoms. The van der Waals surface area contributed by atoms with Crippen molar-refractivity contribution in [1.82, 2.24) is 10.2 Å². The quantitative estimate of drug-likeness (QED) is 0.812. The fourth-order valence-corrected chi connectivity index (χ4v) is 2.14. The van der Waals surface area contributed by atoms with Crippen molar-refractivity contribution in [2.24, 2.45) is 5.73 Å². The lowest BCUT2D eigenvalue weighted by atomic mass is 10.3. The zero-order valence-electron chi connectivity index (χ0n) is 10.9. The molecular weight excluding hydrogens is 276 g/mol. The van der Waals surface area contributed by atoms with Gasteiger partial charge >= 0.3 is 0 Å². The normalized spacial score (nSPS) is 10.2. The van der Waals surface area contributed by atoms with Crippen molar-refractivity contribution in [2.75, 3.05) is 11.9 Å². The van der Waals surface area contributed by atoms with Crippen LogP contribution in [0.15, 0.2) is 30.3 Å². The number of aromatic nitrogens is 2. The first-order valence-corrected chi connectivity index (χ1v) is 7.09. The summed E-state index contributed by atoms with van der Waals surface area (Å²) in [5.74, 6) is 0.679. The van der Waals surface area contributed by atoms with Crippen molar-refractivity contribution in [3.8, 4) is 5.75 Å². The minimum absolute atomic E-state index is 0.0953. The number of amides is 1. The molecule has 0 radical (unpaired) electrons. The van der Waals surface area contributed by atoms with Crippen LogP contribution in [-0.4, -0.2) is 22.6 Å². The van der Waals surface area contributed by atoms with Gasteiger partial charge in [-0.1, -0.05) is 29.5 Å². The van der Waals surface area contributed by atoms with Crippen molar-refractivity contribution >= 4 is 22.4 Å². The number of rotatable bonds is 7. The zero-order chi connectivity index (χ0) is 14.2. The second-order valence-corrected chi connectivity index (χ2v) is 5.11. The Morgan fingerprint density at radius 1 is 1.30 bits per heavy atom. The maximum absolute atomic E-state index is 11.5. The smallest absolute Gasteiger partial charge is 0.226 e. The molecule has 0 fully saturated rings. The SMILES string of the molecule is NCCCC(=O)Nc1nnc(COc2ccccc2)s1. The van der Waals surface area contributed by atoms with Crippen LogP contribution in [0.1, 0.15) is 17.8 Å². The highest BCUT2D eigenvalue weighted by Crippen LogP contribution is 2.18. The van der Waals surface area contributed by atoms with E-state index in [2.05, 4.69) is 15.5 Å². The number of ether oxygens (including phenoxy) is 1. The standard InChI is InChI=1S/C13H16N4O2S/c14-8-4-7-11(18)15-13-17-16-12(20-13)9-19-10-5-2-1-3-6-10/h1-3,5-6H,4,7-9,14H2,(H,15,17,18). The van der Waals surface area contributed by atoms with Crippen molar-refractivity contribution in [3.63, 3.8) is 0 Å².